The molecule has 1 aromatic rings. The number of hydrogen-bond donors (Lipinski definition) is 3. The molecule has 5 amide bonds. The lowest BCUT2D eigenvalue weighted by molar-refractivity contribution is -0.125. The Balaban J connectivity index is 1.57. The number of hydrogen-bond acceptors (Lipinski definition) is 5. The van der Waals surface area contributed by atoms with E-state index < -0.39 is 23.3 Å². The second-order valence-electron chi connectivity index (χ2n) is 7.99. The summed E-state index contributed by atoms with van der Waals surface area (Å²) in [5.41, 5.74) is -0.504. The van der Waals surface area contributed by atoms with Gasteiger partial charge >= 0.3 is 12.1 Å². The Morgan fingerprint density at radius 3 is 2.21 bits per heavy atom. The van der Waals surface area contributed by atoms with E-state index in [4.69, 9.17) is 4.74 Å². The van der Waals surface area contributed by atoms with Crippen molar-refractivity contribution in [2.75, 3.05) is 18.4 Å². The molecular weight excluding hydrogens is 364 g/mol. The predicted molar refractivity (Wildman–Crippen MR) is 101 cm³/mol. The zero-order valence-corrected chi connectivity index (χ0v) is 16.1. The minimum atomic E-state index is -0.908. The number of anilines is 1. The fraction of sp³-hybridized carbons (Fsp3) is 0.474. The van der Waals surface area contributed by atoms with E-state index in [1.807, 2.05) is 0 Å². The van der Waals surface area contributed by atoms with Crippen molar-refractivity contribution in [3.8, 4) is 0 Å². The zero-order chi connectivity index (χ0) is 20.5. The van der Waals surface area contributed by atoms with Gasteiger partial charge in [0, 0.05) is 24.3 Å². The van der Waals surface area contributed by atoms with E-state index in [2.05, 4.69) is 16.0 Å². The second-order valence-corrected chi connectivity index (χ2v) is 7.99. The molecule has 0 aromatic heterocycles. The molecule has 2 aliphatic heterocycles. The SMILES string of the molecule is CC(C)(C)OC(=O)Nc1ccc(C(=O)N2CCC3(CC2)NC(=O)NC3=O)cc1. The number of carbonyl (C=O) groups is 4. The molecule has 28 heavy (non-hydrogen) atoms. The molecule has 0 bridgehead atoms. The molecule has 9 nitrogen and oxygen atoms in total. The van der Waals surface area contributed by atoms with Crippen LogP contribution in [0.4, 0.5) is 15.3 Å². The molecule has 0 radical (unpaired) electrons. The number of likely N-dealkylation sites (tertiary alicyclic amines) is 1. The summed E-state index contributed by atoms with van der Waals surface area (Å²) in [5.74, 6) is -0.495. The zero-order valence-electron chi connectivity index (χ0n) is 16.1. The Hall–Kier alpha value is -3.10. The van der Waals surface area contributed by atoms with Gasteiger partial charge in [-0.15, -0.1) is 0 Å². The number of ether oxygens (including phenoxy) is 1. The van der Waals surface area contributed by atoms with Crippen LogP contribution in [0.3, 0.4) is 0 Å². The first-order chi connectivity index (χ1) is 13.1. The minimum absolute atomic E-state index is 0.164. The van der Waals surface area contributed by atoms with Gasteiger partial charge in [0.15, 0.2) is 0 Å². The standard InChI is InChI=1S/C19H24N4O5/c1-18(2,3)28-17(27)20-13-6-4-12(5-7-13)14(24)23-10-8-19(9-11-23)15(25)21-16(26)22-19/h4-7H,8-11H2,1-3H3,(H,20,27)(H2,21,22,25,26). The molecule has 9 heteroatoms. The van der Waals surface area contributed by atoms with Crippen LogP contribution in [0.25, 0.3) is 0 Å². The van der Waals surface area contributed by atoms with Gasteiger partial charge in [-0.2, -0.15) is 0 Å². The molecule has 0 saturated carbocycles. The number of carbonyl (C=O) groups excluding carboxylic acids is 4. The first kappa shape index (κ1) is 19.7. The highest BCUT2D eigenvalue weighted by Crippen LogP contribution is 2.26. The number of amides is 5. The first-order valence-corrected chi connectivity index (χ1v) is 9.11. The van der Waals surface area contributed by atoms with Crippen molar-refractivity contribution >= 4 is 29.6 Å². The van der Waals surface area contributed by atoms with Crippen LogP contribution in [-0.4, -0.2) is 53.1 Å². The monoisotopic (exact) mass is 388 g/mol. The van der Waals surface area contributed by atoms with Crippen LogP contribution in [0.5, 0.6) is 0 Å². The highest BCUT2D eigenvalue weighted by Gasteiger charge is 2.48. The van der Waals surface area contributed by atoms with E-state index in [1.165, 1.54) is 0 Å². The fourth-order valence-corrected chi connectivity index (χ4v) is 3.27. The summed E-state index contributed by atoms with van der Waals surface area (Å²) >= 11 is 0. The highest BCUT2D eigenvalue weighted by molar-refractivity contribution is 6.07. The summed E-state index contributed by atoms with van der Waals surface area (Å²) in [6.07, 6.45) is 0.174. The van der Waals surface area contributed by atoms with Gasteiger partial charge < -0.3 is 15.0 Å². The number of imide groups is 1. The molecule has 2 fully saturated rings. The van der Waals surface area contributed by atoms with E-state index in [-0.39, 0.29) is 11.8 Å². The maximum Gasteiger partial charge on any atom is 0.412 e. The van der Waals surface area contributed by atoms with E-state index >= 15 is 0 Å². The third kappa shape index (κ3) is 4.24. The fourth-order valence-electron chi connectivity index (χ4n) is 3.27. The number of piperidine rings is 1. The maximum absolute atomic E-state index is 12.7. The average molecular weight is 388 g/mol. The highest BCUT2D eigenvalue weighted by atomic mass is 16.6. The van der Waals surface area contributed by atoms with Crippen molar-refractivity contribution in [2.45, 2.75) is 44.8 Å². The third-order valence-electron chi connectivity index (χ3n) is 4.70. The summed E-state index contributed by atoms with van der Waals surface area (Å²) in [6, 6.07) is 6.03. The van der Waals surface area contributed by atoms with Crippen LogP contribution >= 0.6 is 0 Å². The summed E-state index contributed by atoms with van der Waals surface area (Å²) in [6.45, 7) is 6.06. The van der Waals surface area contributed by atoms with Gasteiger partial charge in [0.05, 0.1) is 0 Å². The molecule has 2 aliphatic rings. The molecule has 0 aliphatic carbocycles. The molecular formula is C19H24N4O5. The Labute approximate surface area is 162 Å². The Morgan fingerprint density at radius 2 is 1.71 bits per heavy atom. The number of rotatable bonds is 2. The Bertz CT molecular complexity index is 805. The largest absolute Gasteiger partial charge is 0.444 e. The van der Waals surface area contributed by atoms with Crippen LogP contribution in [0, 0.1) is 0 Å². The molecule has 0 atom stereocenters. The lowest BCUT2D eigenvalue weighted by Gasteiger charge is -2.37. The molecule has 2 heterocycles. The van der Waals surface area contributed by atoms with Crippen molar-refractivity contribution in [1.29, 1.82) is 0 Å². The van der Waals surface area contributed by atoms with Gasteiger partial charge in [-0.1, -0.05) is 0 Å². The molecule has 3 N–H and O–H groups in total. The lowest BCUT2D eigenvalue weighted by atomic mass is 9.87. The van der Waals surface area contributed by atoms with Crippen molar-refractivity contribution in [3.63, 3.8) is 0 Å². The average Bonchev–Trinajstić information content (AvgIpc) is 2.87. The maximum atomic E-state index is 12.7. The molecule has 3 rings (SSSR count). The van der Waals surface area contributed by atoms with Crippen molar-refractivity contribution in [1.82, 2.24) is 15.5 Å². The van der Waals surface area contributed by atoms with Gasteiger partial charge in [0.2, 0.25) is 0 Å². The van der Waals surface area contributed by atoms with Crippen LogP contribution in [0.1, 0.15) is 44.0 Å². The van der Waals surface area contributed by atoms with Gasteiger partial charge in [-0.25, -0.2) is 9.59 Å². The van der Waals surface area contributed by atoms with Crippen molar-refractivity contribution in [3.05, 3.63) is 29.8 Å². The molecule has 2 saturated heterocycles. The van der Waals surface area contributed by atoms with Gasteiger partial charge in [0.1, 0.15) is 11.1 Å². The third-order valence-corrected chi connectivity index (χ3v) is 4.70. The van der Waals surface area contributed by atoms with Gasteiger partial charge in [0.25, 0.3) is 11.8 Å². The number of urea groups is 1. The van der Waals surface area contributed by atoms with Crippen LogP contribution < -0.4 is 16.0 Å². The van der Waals surface area contributed by atoms with Crippen molar-refractivity contribution in [2.24, 2.45) is 0 Å². The summed E-state index contributed by atoms with van der Waals surface area (Å²) in [5, 5.41) is 7.54. The molecule has 1 aromatic carbocycles. The van der Waals surface area contributed by atoms with Gasteiger partial charge in [-0.05, 0) is 57.9 Å². The number of nitrogens with one attached hydrogen (secondary N) is 3. The topological polar surface area (TPSA) is 117 Å². The van der Waals surface area contributed by atoms with Crippen LogP contribution in [-0.2, 0) is 9.53 Å². The first-order valence-electron chi connectivity index (χ1n) is 9.11. The smallest absolute Gasteiger partial charge is 0.412 e. The van der Waals surface area contributed by atoms with Crippen LogP contribution in [0.15, 0.2) is 24.3 Å². The summed E-state index contributed by atoms with van der Waals surface area (Å²) in [7, 11) is 0. The van der Waals surface area contributed by atoms with Crippen LogP contribution in [0.2, 0.25) is 0 Å². The molecule has 150 valence electrons. The van der Waals surface area contributed by atoms with E-state index in [0.717, 1.165) is 0 Å². The summed E-state index contributed by atoms with van der Waals surface area (Å²) in [4.78, 5) is 49.5. The van der Waals surface area contributed by atoms with E-state index in [0.29, 0.717) is 37.2 Å². The number of nitrogens with zero attached hydrogens (tertiary/aromatic N) is 1. The molecule has 0 unspecified atom stereocenters. The Kier molecular flexibility index (Phi) is 5.01. The second kappa shape index (κ2) is 7.14. The van der Waals surface area contributed by atoms with E-state index in [9.17, 15) is 19.2 Å². The Morgan fingerprint density at radius 1 is 1.11 bits per heavy atom. The minimum Gasteiger partial charge on any atom is -0.444 e. The molecule has 1 spiro atoms. The predicted octanol–water partition coefficient (Wildman–Crippen LogP) is 1.85. The quantitative estimate of drug-likeness (QED) is 0.669. The summed E-state index contributed by atoms with van der Waals surface area (Å²) < 4.78 is 5.19. The number of benzene rings is 1. The van der Waals surface area contributed by atoms with Gasteiger partial charge in [-0.3, -0.25) is 20.2 Å². The normalized spacial score (nSPS) is 18.5. The lowest BCUT2D eigenvalue weighted by Crippen LogP contribution is -2.55. The van der Waals surface area contributed by atoms with Crippen molar-refractivity contribution < 1.29 is 23.9 Å². The van der Waals surface area contributed by atoms with E-state index in [1.54, 1.807) is 49.9 Å².